The Kier molecular flexibility index (Phi) is 2.51. The van der Waals surface area contributed by atoms with Crippen LogP contribution in [0.4, 0.5) is 0 Å². The van der Waals surface area contributed by atoms with Crippen LogP contribution in [0.3, 0.4) is 0 Å². The van der Waals surface area contributed by atoms with Crippen LogP contribution < -0.4 is 5.73 Å². The molecule has 4 fully saturated rings. The maximum Gasteiger partial charge on any atom is 0.194 e. The molecular weight excluding hydrogens is 224 g/mol. The summed E-state index contributed by atoms with van der Waals surface area (Å²) < 4.78 is 5.57. The lowest BCUT2D eigenvalue weighted by molar-refractivity contribution is -0.0381. The fourth-order valence-corrected chi connectivity index (χ4v) is 5.11. The van der Waals surface area contributed by atoms with Crippen molar-refractivity contribution in [3.05, 3.63) is 17.8 Å². The predicted molar refractivity (Wildman–Crippen MR) is 68.6 cm³/mol. The minimum absolute atomic E-state index is 0.491. The monoisotopic (exact) mass is 246 g/mol. The lowest BCUT2D eigenvalue weighted by Crippen LogP contribution is -2.45. The van der Waals surface area contributed by atoms with Gasteiger partial charge in [-0.15, -0.1) is 0 Å². The maximum absolute atomic E-state index is 5.59. The second-order valence-electron chi connectivity index (χ2n) is 6.74. The van der Waals surface area contributed by atoms with Crippen molar-refractivity contribution in [1.29, 1.82) is 0 Å². The molecule has 0 spiro atoms. The van der Waals surface area contributed by atoms with Gasteiger partial charge < -0.3 is 10.2 Å². The van der Waals surface area contributed by atoms with Crippen molar-refractivity contribution in [2.75, 3.05) is 0 Å². The van der Waals surface area contributed by atoms with Gasteiger partial charge in [0.2, 0.25) is 0 Å². The summed E-state index contributed by atoms with van der Waals surface area (Å²) in [6, 6.07) is 0. The lowest BCUT2D eigenvalue weighted by Gasteiger charge is -2.54. The van der Waals surface area contributed by atoms with Gasteiger partial charge in [-0.3, -0.25) is 0 Å². The molecule has 3 nitrogen and oxygen atoms in total. The normalized spacial score (nSPS) is 41.5. The third-order valence-electron chi connectivity index (χ3n) is 5.64. The zero-order valence-electron chi connectivity index (χ0n) is 10.8. The second kappa shape index (κ2) is 4.09. The van der Waals surface area contributed by atoms with Crippen LogP contribution in [0.25, 0.3) is 0 Å². The van der Waals surface area contributed by atoms with Gasteiger partial charge in [-0.05, 0) is 61.7 Å². The van der Waals surface area contributed by atoms with Crippen molar-refractivity contribution in [2.45, 2.75) is 45.1 Å². The third kappa shape index (κ3) is 1.71. The number of hydrogen-bond acceptors (Lipinski definition) is 3. The molecule has 1 aromatic rings. The first kappa shape index (κ1) is 11.0. The Morgan fingerprint density at radius 3 is 2.33 bits per heavy atom. The average molecular weight is 246 g/mol. The van der Waals surface area contributed by atoms with Crippen LogP contribution in [-0.4, -0.2) is 4.98 Å². The van der Waals surface area contributed by atoms with E-state index in [9.17, 15) is 0 Å². The summed E-state index contributed by atoms with van der Waals surface area (Å²) in [5.41, 5.74) is 6.49. The largest absolute Gasteiger partial charge is 0.449 e. The highest BCUT2D eigenvalue weighted by molar-refractivity contribution is 5.02. The molecule has 18 heavy (non-hydrogen) atoms. The summed E-state index contributed by atoms with van der Waals surface area (Å²) in [7, 11) is 0. The van der Waals surface area contributed by atoms with Gasteiger partial charge in [-0.2, -0.15) is 0 Å². The van der Waals surface area contributed by atoms with Crippen LogP contribution in [0.1, 0.15) is 43.7 Å². The van der Waals surface area contributed by atoms with E-state index in [0.29, 0.717) is 6.54 Å². The molecule has 3 heteroatoms. The van der Waals surface area contributed by atoms with Gasteiger partial charge in [0.25, 0.3) is 0 Å². The Morgan fingerprint density at radius 2 is 1.78 bits per heavy atom. The van der Waals surface area contributed by atoms with E-state index in [1.54, 1.807) is 6.26 Å². The average Bonchev–Trinajstić information content (AvgIpc) is 2.80. The highest BCUT2D eigenvalue weighted by Crippen LogP contribution is 2.57. The summed E-state index contributed by atoms with van der Waals surface area (Å²) >= 11 is 0. The van der Waals surface area contributed by atoms with Crippen LogP contribution in [0.5, 0.6) is 0 Å². The molecule has 1 heterocycles. The van der Waals surface area contributed by atoms with Crippen molar-refractivity contribution in [2.24, 2.45) is 35.3 Å². The maximum atomic E-state index is 5.59. The number of oxazole rings is 1. The minimum Gasteiger partial charge on any atom is -0.449 e. The van der Waals surface area contributed by atoms with Crippen LogP contribution in [0.15, 0.2) is 10.7 Å². The van der Waals surface area contributed by atoms with E-state index in [-0.39, 0.29) is 0 Å². The van der Waals surface area contributed by atoms with Crippen molar-refractivity contribution in [3.63, 3.8) is 0 Å². The summed E-state index contributed by atoms with van der Waals surface area (Å²) in [5, 5.41) is 0. The zero-order chi connectivity index (χ0) is 12.1. The number of nitrogens with two attached hydrogens (primary N) is 1. The molecule has 0 amide bonds. The van der Waals surface area contributed by atoms with E-state index in [1.165, 1.54) is 32.1 Å². The molecule has 2 N–H and O–H groups in total. The first-order valence-corrected chi connectivity index (χ1v) is 7.45. The second-order valence-corrected chi connectivity index (χ2v) is 6.74. The Morgan fingerprint density at radius 1 is 1.11 bits per heavy atom. The van der Waals surface area contributed by atoms with E-state index in [2.05, 4.69) is 4.98 Å². The van der Waals surface area contributed by atoms with E-state index >= 15 is 0 Å². The van der Waals surface area contributed by atoms with Crippen molar-refractivity contribution in [1.82, 2.24) is 4.98 Å². The topological polar surface area (TPSA) is 52.0 Å². The molecule has 0 unspecified atom stereocenters. The quantitative estimate of drug-likeness (QED) is 0.892. The SMILES string of the molecule is NCc1coc(CC2C3CC4CC(C3)CC2C4)n1. The summed E-state index contributed by atoms with van der Waals surface area (Å²) in [6.45, 7) is 0.491. The van der Waals surface area contributed by atoms with Crippen molar-refractivity contribution in [3.8, 4) is 0 Å². The highest BCUT2D eigenvalue weighted by atomic mass is 16.3. The molecule has 1 aromatic heterocycles. The van der Waals surface area contributed by atoms with Crippen LogP contribution in [-0.2, 0) is 13.0 Å². The Labute approximate surface area is 108 Å². The van der Waals surface area contributed by atoms with Crippen molar-refractivity contribution < 1.29 is 4.42 Å². The smallest absolute Gasteiger partial charge is 0.194 e. The molecule has 0 atom stereocenters. The van der Waals surface area contributed by atoms with Gasteiger partial charge in [0.15, 0.2) is 5.89 Å². The third-order valence-corrected chi connectivity index (χ3v) is 5.64. The fraction of sp³-hybridized carbons (Fsp3) is 0.800. The molecule has 0 aliphatic heterocycles. The molecule has 0 radical (unpaired) electrons. The van der Waals surface area contributed by atoms with Crippen molar-refractivity contribution >= 4 is 0 Å². The van der Waals surface area contributed by atoms with Gasteiger partial charge in [0.1, 0.15) is 6.26 Å². The molecule has 5 rings (SSSR count). The Hall–Kier alpha value is -0.830. The van der Waals surface area contributed by atoms with Crippen LogP contribution in [0.2, 0.25) is 0 Å². The molecule has 4 aliphatic carbocycles. The molecular formula is C15H22N2O. The molecule has 4 saturated carbocycles. The molecule has 0 saturated heterocycles. The predicted octanol–water partition coefficient (Wildman–Crippen LogP) is 2.75. The first-order valence-electron chi connectivity index (χ1n) is 7.45. The number of aromatic nitrogens is 1. The molecule has 4 bridgehead atoms. The molecule has 0 aromatic carbocycles. The van der Waals surface area contributed by atoms with E-state index < -0.39 is 0 Å². The molecule has 98 valence electrons. The van der Waals surface area contributed by atoms with Gasteiger partial charge >= 0.3 is 0 Å². The summed E-state index contributed by atoms with van der Waals surface area (Å²) in [4.78, 5) is 4.49. The van der Waals surface area contributed by atoms with Gasteiger partial charge in [0.05, 0.1) is 5.69 Å². The Bertz CT molecular complexity index is 411. The number of rotatable bonds is 3. The zero-order valence-corrected chi connectivity index (χ0v) is 10.8. The van der Waals surface area contributed by atoms with E-state index in [0.717, 1.165) is 47.6 Å². The standard InChI is InChI=1S/C15H22N2O/c16-7-13-8-18-15(17-13)6-14-11-2-9-1-10(4-11)5-12(14)3-9/h8-12,14H,1-7,16H2. The fourth-order valence-electron chi connectivity index (χ4n) is 5.11. The van der Waals surface area contributed by atoms with Gasteiger partial charge in [-0.25, -0.2) is 4.98 Å². The van der Waals surface area contributed by atoms with Crippen LogP contribution in [0, 0.1) is 29.6 Å². The lowest BCUT2D eigenvalue weighted by atomic mass is 9.51. The first-order chi connectivity index (χ1) is 8.81. The Balaban J connectivity index is 1.51. The number of nitrogens with zero attached hydrogens (tertiary/aromatic N) is 1. The summed E-state index contributed by atoms with van der Waals surface area (Å²) in [6.07, 6.45) is 10.2. The molecule has 4 aliphatic rings. The minimum atomic E-state index is 0.491. The van der Waals surface area contributed by atoms with E-state index in [1.807, 2.05) is 0 Å². The van der Waals surface area contributed by atoms with E-state index in [4.69, 9.17) is 10.2 Å². The highest BCUT2D eigenvalue weighted by Gasteiger charge is 2.48. The number of hydrogen-bond donors (Lipinski definition) is 1. The van der Waals surface area contributed by atoms with Crippen LogP contribution >= 0.6 is 0 Å². The van der Waals surface area contributed by atoms with Gasteiger partial charge in [0, 0.05) is 13.0 Å². The summed E-state index contributed by atoms with van der Waals surface area (Å²) in [5.74, 6) is 5.76. The van der Waals surface area contributed by atoms with Gasteiger partial charge in [-0.1, -0.05) is 0 Å².